The molecule has 1 amide bonds. The summed E-state index contributed by atoms with van der Waals surface area (Å²) in [5, 5.41) is 3.01. The van der Waals surface area contributed by atoms with E-state index in [0.29, 0.717) is 5.56 Å². The van der Waals surface area contributed by atoms with E-state index in [1.807, 2.05) is 37.2 Å². The molecule has 0 bridgehead atoms. The molecule has 1 aliphatic rings. The van der Waals surface area contributed by atoms with Crippen molar-refractivity contribution in [2.24, 2.45) is 5.92 Å². The quantitative estimate of drug-likeness (QED) is 0.867. The van der Waals surface area contributed by atoms with Crippen LogP contribution in [0.1, 0.15) is 36.0 Å². The fourth-order valence-electron chi connectivity index (χ4n) is 2.91. The van der Waals surface area contributed by atoms with Gasteiger partial charge in [-0.3, -0.25) is 9.59 Å². The minimum absolute atomic E-state index is 0.135. The third kappa shape index (κ3) is 3.78. The molecular weight excluding hydrogens is 280 g/mol. The van der Waals surface area contributed by atoms with Crippen LogP contribution in [-0.4, -0.2) is 39.1 Å². The Labute approximate surface area is 131 Å². The van der Waals surface area contributed by atoms with Gasteiger partial charge in [-0.15, -0.1) is 0 Å². The molecule has 0 spiro atoms. The topological polar surface area (TPSA) is 58.6 Å². The monoisotopic (exact) mass is 304 g/mol. The van der Waals surface area contributed by atoms with E-state index in [1.54, 1.807) is 6.07 Å². The van der Waals surface area contributed by atoms with Crippen LogP contribution in [0, 0.1) is 5.92 Å². The molecular formula is C17H24N2O3. The Morgan fingerprint density at radius 2 is 1.95 bits per heavy atom. The molecule has 0 heterocycles. The van der Waals surface area contributed by atoms with Crippen molar-refractivity contribution in [1.82, 2.24) is 5.32 Å². The molecule has 0 aromatic heterocycles. The summed E-state index contributed by atoms with van der Waals surface area (Å²) in [7, 11) is 5.27. The van der Waals surface area contributed by atoms with E-state index in [4.69, 9.17) is 4.74 Å². The van der Waals surface area contributed by atoms with Crippen LogP contribution in [0.15, 0.2) is 24.3 Å². The minimum Gasteiger partial charge on any atom is -0.469 e. The maximum absolute atomic E-state index is 12.5. The van der Waals surface area contributed by atoms with Crippen molar-refractivity contribution in [2.45, 2.75) is 31.7 Å². The van der Waals surface area contributed by atoms with Crippen molar-refractivity contribution in [3.8, 4) is 0 Å². The number of benzene rings is 1. The van der Waals surface area contributed by atoms with Crippen molar-refractivity contribution in [1.29, 1.82) is 0 Å². The minimum atomic E-state index is -0.236. The van der Waals surface area contributed by atoms with Gasteiger partial charge < -0.3 is 15.0 Å². The molecule has 2 atom stereocenters. The van der Waals surface area contributed by atoms with Crippen LogP contribution >= 0.6 is 0 Å². The number of esters is 1. The maximum atomic E-state index is 12.5. The summed E-state index contributed by atoms with van der Waals surface area (Å²) in [4.78, 5) is 26.3. The third-order valence-corrected chi connectivity index (χ3v) is 4.21. The number of anilines is 1. The molecule has 1 aliphatic carbocycles. The normalized spacial score (nSPS) is 21.0. The Hall–Kier alpha value is -2.04. The highest BCUT2D eigenvalue weighted by atomic mass is 16.5. The van der Waals surface area contributed by atoms with E-state index in [1.165, 1.54) is 7.11 Å². The molecule has 1 fully saturated rings. The maximum Gasteiger partial charge on any atom is 0.310 e. The van der Waals surface area contributed by atoms with E-state index in [-0.39, 0.29) is 23.8 Å². The first-order chi connectivity index (χ1) is 10.5. The Balaban J connectivity index is 2.09. The summed E-state index contributed by atoms with van der Waals surface area (Å²) in [6.07, 6.45) is 3.62. The molecule has 5 heteroatoms. The van der Waals surface area contributed by atoms with Gasteiger partial charge >= 0.3 is 5.97 Å². The Morgan fingerprint density at radius 1 is 1.23 bits per heavy atom. The number of rotatable bonds is 4. The standard InChI is InChI=1S/C17H24N2O3/c1-19(2)13-8-6-7-12(11-13)16(20)18-15-10-5-4-9-14(15)17(21)22-3/h6-8,11,14-15H,4-5,9-10H2,1-3H3,(H,18,20). The van der Waals surface area contributed by atoms with Gasteiger partial charge in [-0.05, 0) is 31.0 Å². The summed E-state index contributed by atoms with van der Waals surface area (Å²) in [6, 6.07) is 7.32. The fourth-order valence-corrected chi connectivity index (χ4v) is 2.91. The number of methoxy groups -OCH3 is 1. The molecule has 0 radical (unpaired) electrons. The van der Waals surface area contributed by atoms with Crippen LogP contribution in [0.5, 0.6) is 0 Å². The summed E-state index contributed by atoms with van der Waals surface area (Å²) in [5.74, 6) is -0.601. The average molecular weight is 304 g/mol. The van der Waals surface area contributed by atoms with Crippen molar-refractivity contribution < 1.29 is 14.3 Å². The number of hydrogen-bond donors (Lipinski definition) is 1. The van der Waals surface area contributed by atoms with Gasteiger partial charge in [-0.1, -0.05) is 18.9 Å². The van der Waals surface area contributed by atoms with Crippen LogP contribution in [0.2, 0.25) is 0 Å². The predicted molar refractivity (Wildman–Crippen MR) is 86.0 cm³/mol. The van der Waals surface area contributed by atoms with Crippen molar-refractivity contribution in [3.63, 3.8) is 0 Å². The smallest absolute Gasteiger partial charge is 0.310 e. The second-order valence-corrected chi connectivity index (χ2v) is 5.94. The molecule has 0 aliphatic heterocycles. The van der Waals surface area contributed by atoms with Gasteiger partial charge in [0, 0.05) is 31.4 Å². The van der Waals surface area contributed by atoms with E-state index >= 15 is 0 Å². The Morgan fingerprint density at radius 3 is 2.64 bits per heavy atom. The van der Waals surface area contributed by atoms with Crippen molar-refractivity contribution >= 4 is 17.6 Å². The number of ether oxygens (including phenoxy) is 1. The second kappa shape index (κ2) is 7.29. The summed E-state index contributed by atoms with van der Waals surface area (Å²) in [6.45, 7) is 0. The molecule has 1 saturated carbocycles. The lowest BCUT2D eigenvalue weighted by molar-refractivity contribution is -0.147. The fraction of sp³-hybridized carbons (Fsp3) is 0.529. The SMILES string of the molecule is COC(=O)C1CCCCC1NC(=O)c1cccc(N(C)C)c1. The molecule has 1 N–H and O–H groups in total. The van der Waals surface area contributed by atoms with Gasteiger partial charge in [0.2, 0.25) is 0 Å². The van der Waals surface area contributed by atoms with Crippen LogP contribution < -0.4 is 10.2 Å². The first-order valence-electron chi connectivity index (χ1n) is 7.69. The van der Waals surface area contributed by atoms with Crippen LogP contribution in [0.3, 0.4) is 0 Å². The number of carbonyl (C=O) groups excluding carboxylic acids is 2. The molecule has 0 saturated heterocycles. The van der Waals surface area contributed by atoms with E-state index in [2.05, 4.69) is 5.32 Å². The van der Waals surface area contributed by atoms with Gasteiger partial charge in [-0.2, -0.15) is 0 Å². The zero-order chi connectivity index (χ0) is 16.1. The highest BCUT2D eigenvalue weighted by molar-refractivity contribution is 5.95. The van der Waals surface area contributed by atoms with Gasteiger partial charge in [0.25, 0.3) is 5.91 Å². The number of hydrogen-bond acceptors (Lipinski definition) is 4. The Kier molecular flexibility index (Phi) is 5.41. The van der Waals surface area contributed by atoms with Crippen molar-refractivity contribution in [2.75, 3.05) is 26.1 Å². The third-order valence-electron chi connectivity index (χ3n) is 4.21. The van der Waals surface area contributed by atoms with Gasteiger partial charge in [0.1, 0.15) is 0 Å². The highest BCUT2D eigenvalue weighted by Crippen LogP contribution is 2.26. The number of carbonyl (C=O) groups is 2. The molecule has 1 aromatic rings. The number of amides is 1. The first kappa shape index (κ1) is 16.3. The van der Waals surface area contributed by atoms with Gasteiger partial charge in [0.15, 0.2) is 0 Å². The highest BCUT2D eigenvalue weighted by Gasteiger charge is 2.32. The Bertz CT molecular complexity index is 542. The average Bonchev–Trinajstić information content (AvgIpc) is 2.54. The van der Waals surface area contributed by atoms with Crippen molar-refractivity contribution in [3.05, 3.63) is 29.8 Å². The van der Waals surface area contributed by atoms with E-state index < -0.39 is 0 Å². The van der Waals surface area contributed by atoms with Crippen LogP contribution in [-0.2, 0) is 9.53 Å². The van der Waals surface area contributed by atoms with Gasteiger partial charge in [-0.25, -0.2) is 0 Å². The lowest BCUT2D eigenvalue weighted by Gasteiger charge is -2.30. The molecule has 2 rings (SSSR count). The summed E-state index contributed by atoms with van der Waals surface area (Å²) < 4.78 is 4.86. The number of nitrogens with zero attached hydrogens (tertiary/aromatic N) is 1. The number of nitrogens with one attached hydrogen (secondary N) is 1. The second-order valence-electron chi connectivity index (χ2n) is 5.94. The van der Waals surface area contributed by atoms with E-state index in [0.717, 1.165) is 31.4 Å². The zero-order valence-corrected chi connectivity index (χ0v) is 13.5. The lowest BCUT2D eigenvalue weighted by atomic mass is 9.84. The molecule has 2 unspecified atom stereocenters. The predicted octanol–water partition coefficient (Wildman–Crippen LogP) is 2.21. The first-order valence-corrected chi connectivity index (χ1v) is 7.69. The molecule has 22 heavy (non-hydrogen) atoms. The lowest BCUT2D eigenvalue weighted by Crippen LogP contribution is -2.45. The largest absolute Gasteiger partial charge is 0.469 e. The zero-order valence-electron chi connectivity index (χ0n) is 13.5. The van der Waals surface area contributed by atoms with Crippen LogP contribution in [0.4, 0.5) is 5.69 Å². The van der Waals surface area contributed by atoms with E-state index in [9.17, 15) is 9.59 Å². The molecule has 5 nitrogen and oxygen atoms in total. The molecule has 1 aromatic carbocycles. The summed E-state index contributed by atoms with van der Waals surface area (Å²) >= 11 is 0. The summed E-state index contributed by atoms with van der Waals surface area (Å²) in [5.41, 5.74) is 1.58. The van der Waals surface area contributed by atoms with Crippen LogP contribution in [0.25, 0.3) is 0 Å². The molecule has 120 valence electrons. The van der Waals surface area contributed by atoms with Gasteiger partial charge in [0.05, 0.1) is 13.0 Å².